The predicted molar refractivity (Wildman–Crippen MR) is 100 cm³/mol. The van der Waals surface area contributed by atoms with Crippen molar-refractivity contribution in [3.8, 4) is 0 Å². The maximum atomic E-state index is 12.2. The molecule has 1 amide bonds. The first kappa shape index (κ1) is 19.9. The van der Waals surface area contributed by atoms with Crippen molar-refractivity contribution in [2.45, 2.75) is 25.3 Å². The molecule has 0 aliphatic heterocycles. The number of carboxylic acids is 1. The molecule has 1 unspecified atom stereocenters. The van der Waals surface area contributed by atoms with Crippen LogP contribution < -0.4 is 10.6 Å². The Bertz CT molecular complexity index is 795. The number of nitro benzene ring substituents is 1. The van der Waals surface area contributed by atoms with Gasteiger partial charge < -0.3 is 15.7 Å². The molecule has 0 fully saturated rings. The number of nitro groups is 1. The van der Waals surface area contributed by atoms with Gasteiger partial charge in [0.25, 0.3) is 5.69 Å². The monoisotopic (exact) mass is 371 g/mol. The van der Waals surface area contributed by atoms with Crippen LogP contribution in [0.1, 0.15) is 30.9 Å². The lowest BCUT2D eigenvalue weighted by Gasteiger charge is -2.19. The molecule has 0 aliphatic rings. The lowest BCUT2D eigenvalue weighted by atomic mass is 10.0. The van der Waals surface area contributed by atoms with Crippen LogP contribution in [0.3, 0.4) is 0 Å². The summed E-state index contributed by atoms with van der Waals surface area (Å²) in [6.07, 6.45) is 0.319. The van der Waals surface area contributed by atoms with Gasteiger partial charge in [0, 0.05) is 25.5 Å². The topological polar surface area (TPSA) is 122 Å². The number of nitrogens with zero attached hydrogens (tertiary/aromatic N) is 1. The number of hydrogen-bond acceptors (Lipinski definition) is 5. The molecule has 0 spiro atoms. The van der Waals surface area contributed by atoms with Gasteiger partial charge in [-0.1, -0.05) is 42.5 Å². The number of carbonyl (C=O) groups is 2. The van der Waals surface area contributed by atoms with Crippen molar-refractivity contribution >= 4 is 23.3 Å². The van der Waals surface area contributed by atoms with E-state index in [4.69, 9.17) is 5.11 Å². The second kappa shape index (κ2) is 9.91. The molecule has 1 atom stereocenters. The Kier molecular flexibility index (Phi) is 7.30. The second-order valence-corrected chi connectivity index (χ2v) is 5.91. The van der Waals surface area contributed by atoms with Gasteiger partial charge in [0.1, 0.15) is 5.69 Å². The smallest absolute Gasteiger partial charge is 0.303 e. The molecule has 142 valence electrons. The molecular formula is C19H21N3O5. The summed E-state index contributed by atoms with van der Waals surface area (Å²) in [5.41, 5.74) is 1.13. The Morgan fingerprint density at radius 2 is 1.70 bits per heavy atom. The van der Waals surface area contributed by atoms with Crippen molar-refractivity contribution < 1.29 is 19.6 Å². The molecule has 0 heterocycles. The van der Waals surface area contributed by atoms with Gasteiger partial charge in [-0.15, -0.1) is 0 Å². The fourth-order valence-corrected chi connectivity index (χ4v) is 2.63. The molecule has 0 saturated carbocycles. The summed E-state index contributed by atoms with van der Waals surface area (Å²) in [4.78, 5) is 33.6. The van der Waals surface area contributed by atoms with E-state index < -0.39 is 16.9 Å². The average molecular weight is 371 g/mol. The summed E-state index contributed by atoms with van der Waals surface area (Å²) in [5, 5.41) is 25.6. The molecule has 2 aromatic rings. The normalized spacial score (nSPS) is 11.4. The highest BCUT2D eigenvalue weighted by atomic mass is 16.6. The Morgan fingerprint density at radius 1 is 1.04 bits per heavy atom. The summed E-state index contributed by atoms with van der Waals surface area (Å²) < 4.78 is 0. The SMILES string of the molecule is O=C(O)CCC(NC(=O)CCNc1ccccc1[N+](=O)[O-])c1ccccc1. The molecule has 2 rings (SSSR count). The molecule has 27 heavy (non-hydrogen) atoms. The molecule has 8 nitrogen and oxygen atoms in total. The fraction of sp³-hybridized carbons (Fsp3) is 0.263. The molecule has 0 bridgehead atoms. The lowest BCUT2D eigenvalue weighted by Crippen LogP contribution is -2.30. The Hall–Kier alpha value is -3.42. The van der Waals surface area contributed by atoms with Gasteiger partial charge in [0.15, 0.2) is 0 Å². The van der Waals surface area contributed by atoms with Crippen molar-refractivity contribution in [3.63, 3.8) is 0 Å². The van der Waals surface area contributed by atoms with E-state index >= 15 is 0 Å². The van der Waals surface area contributed by atoms with E-state index in [1.807, 2.05) is 30.3 Å². The zero-order chi connectivity index (χ0) is 19.6. The molecule has 0 saturated heterocycles. The van der Waals surface area contributed by atoms with Crippen LogP contribution in [0.25, 0.3) is 0 Å². The van der Waals surface area contributed by atoms with Crippen LogP contribution in [0.15, 0.2) is 54.6 Å². The van der Waals surface area contributed by atoms with E-state index in [9.17, 15) is 19.7 Å². The van der Waals surface area contributed by atoms with Crippen LogP contribution in [-0.2, 0) is 9.59 Å². The standard InChI is InChI=1S/C19H21N3O5/c23-18(12-13-20-16-8-4-5-9-17(16)22(26)27)21-15(10-11-19(24)25)14-6-2-1-3-7-14/h1-9,15,20H,10-13H2,(H,21,23)(H,24,25). The van der Waals surface area contributed by atoms with E-state index in [2.05, 4.69) is 10.6 Å². The number of carbonyl (C=O) groups excluding carboxylic acids is 1. The molecule has 3 N–H and O–H groups in total. The Labute approximate surface area is 156 Å². The van der Waals surface area contributed by atoms with Gasteiger partial charge in [-0.3, -0.25) is 19.7 Å². The molecule has 0 radical (unpaired) electrons. The van der Waals surface area contributed by atoms with Gasteiger partial charge in [-0.25, -0.2) is 0 Å². The van der Waals surface area contributed by atoms with Gasteiger partial charge in [0.05, 0.1) is 11.0 Å². The Balaban J connectivity index is 1.92. The van der Waals surface area contributed by atoms with Crippen LogP contribution >= 0.6 is 0 Å². The molecule has 8 heteroatoms. The zero-order valence-electron chi connectivity index (χ0n) is 14.6. The first-order chi connectivity index (χ1) is 13.0. The first-order valence-electron chi connectivity index (χ1n) is 8.50. The maximum absolute atomic E-state index is 12.2. The lowest BCUT2D eigenvalue weighted by molar-refractivity contribution is -0.384. The van der Waals surface area contributed by atoms with Gasteiger partial charge in [-0.2, -0.15) is 0 Å². The third-order valence-corrected chi connectivity index (χ3v) is 3.95. The number of benzene rings is 2. The highest BCUT2D eigenvalue weighted by Crippen LogP contribution is 2.23. The highest BCUT2D eigenvalue weighted by Gasteiger charge is 2.16. The van der Waals surface area contributed by atoms with Crippen LogP contribution in [0.5, 0.6) is 0 Å². The van der Waals surface area contributed by atoms with Crippen molar-refractivity contribution in [1.82, 2.24) is 5.32 Å². The van der Waals surface area contributed by atoms with Gasteiger partial charge in [0.2, 0.25) is 5.91 Å². The van der Waals surface area contributed by atoms with Crippen LogP contribution in [0, 0.1) is 10.1 Å². The summed E-state index contributed by atoms with van der Waals surface area (Å²) >= 11 is 0. The second-order valence-electron chi connectivity index (χ2n) is 5.91. The minimum atomic E-state index is -0.928. The summed E-state index contributed by atoms with van der Waals surface area (Å²) in [6, 6.07) is 15.0. The minimum absolute atomic E-state index is 0.0541. The third-order valence-electron chi connectivity index (χ3n) is 3.95. The fourth-order valence-electron chi connectivity index (χ4n) is 2.63. The van der Waals surface area contributed by atoms with E-state index in [1.54, 1.807) is 18.2 Å². The number of aliphatic carboxylic acids is 1. The number of anilines is 1. The molecule has 2 aromatic carbocycles. The van der Waals surface area contributed by atoms with Crippen molar-refractivity contribution in [2.75, 3.05) is 11.9 Å². The van der Waals surface area contributed by atoms with Crippen LogP contribution in [0.2, 0.25) is 0 Å². The number of hydrogen-bond donors (Lipinski definition) is 3. The van der Waals surface area contributed by atoms with Crippen LogP contribution in [0.4, 0.5) is 11.4 Å². The molecular weight excluding hydrogens is 350 g/mol. The predicted octanol–water partition coefficient (Wildman–Crippen LogP) is 3.12. The maximum Gasteiger partial charge on any atom is 0.303 e. The van der Waals surface area contributed by atoms with Crippen molar-refractivity contribution in [2.24, 2.45) is 0 Å². The van der Waals surface area contributed by atoms with Crippen molar-refractivity contribution in [1.29, 1.82) is 0 Å². The quantitative estimate of drug-likeness (QED) is 0.436. The van der Waals surface area contributed by atoms with E-state index in [-0.39, 0.29) is 37.4 Å². The molecule has 0 aromatic heterocycles. The third kappa shape index (κ3) is 6.43. The van der Waals surface area contributed by atoms with Gasteiger partial charge in [-0.05, 0) is 18.1 Å². The summed E-state index contributed by atoms with van der Waals surface area (Å²) in [6.45, 7) is 0.219. The largest absolute Gasteiger partial charge is 0.481 e. The number of rotatable bonds is 10. The number of nitrogens with one attached hydrogen (secondary N) is 2. The zero-order valence-corrected chi connectivity index (χ0v) is 14.6. The minimum Gasteiger partial charge on any atom is -0.481 e. The number of para-hydroxylation sites is 2. The Morgan fingerprint density at radius 3 is 2.37 bits per heavy atom. The van der Waals surface area contributed by atoms with E-state index in [0.29, 0.717) is 5.69 Å². The first-order valence-corrected chi connectivity index (χ1v) is 8.50. The van der Waals surface area contributed by atoms with E-state index in [1.165, 1.54) is 6.07 Å². The number of amides is 1. The van der Waals surface area contributed by atoms with Crippen molar-refractivity contribution in [3.05, 3.63) is 70.3 Å². The molecule has 0 aliphatic carbocycles. The number of carboxylic acid groups (broad SMARTS) is 1. The summed E-state index contributed by atoms with van der Waals surface area (Å²) in [7, 11) is 0. The van der Waals surface area contributed by atoms with E-state index in [0.717, 1.165) is 5.56 Å². The van der Waals surface area contributed by atoms with Crippen LogP contribution in [-0.4, -0.2) is 28.5 Å². The van der Waals surface area contributed by atoms with Gasteiger partial charge >= 0.3 is 5.97 Å². The average Bonchev–Trinajstić information content (AvgIpc) is 2.66. The summed E-state index contributed by atoms with van der Waals surface area (Å²) in [5.74, 6) is -1.19. The highest BCUT2D eigenvalue weighted by molar-refractivity contribution is 5.77.